The van der Waals surface area contributed by atoms with Crippen LogP contribution in [-0.4, -0.2) is 57.7 Å². The molecular formula is C16H18O6. The summed E-state index contributed by atoms with van der Waals surface area (Å²) in [4.78, 5) is 0. The van der Waals surface area contributed by atoms with Gasteiger partial charge < -0.3 is 29.9 Å². The van der Waals surface area contributed by atoms with E-state index in [2.05, 4.69) is 0 Å². The van der Waals surface area contributed by atoms with Crippen molar-refractivity contribution >= 4 is 10.8 Å². The van der Waals surface area contributed by atoms with Gasteiger partial charge in [0.1, 0.15) is 30.2 Å². The number of aliphatic hydroxyl groups is 4. The zero-order valence-corrected chi connectivity index (χ0v) is 11.7. The van der Waals surface area contributed by atoms with E-state index in [4.69, 9.17) is 14.6 Å². The maximum absolute atomic E-state index is 9.95. The Morgan fingerprint density at radius 2 is 1.64 bits per heavy atom. The molecule has 2 aromatic carbocycles. The second-order valence-corrected chi connectivity index (χ2v) is 5.32. The van der Waals surface area contributed by atoms with Gasteiger partial charge in [-0.25, -0.2) is 0 Å². The predicted octanol–water partition coefficient (Wildman–Crippen LogP) is 0.0185. The fourth-order valence-electron chi connectivity index (χ4n) is 2.54. The van der Waals surface area contributed by atoms with Crippen molar-refractivity contribution in [3.05, 3.63) is 42.5 Å². The predicted molar refractivity (Wildman–Crippen MR) is 78.3 cm³/mol. The van der Waals surface area contributed by atoms with Crippen LogP contribution in [0, 0.1) is 0 Å². The summed E-state index contributed by atoms with van der Waals surface area (Å²) in [7, 11) is 0. The lowest BCUT2D eigenvalue weighted by atomic mass is 9.99. The van der Waals surface area contributed by atoms with Gasteiger partial charge in [0.05, 0.1) is 6.61 Å². The van der Waals surface area contributed by atoms with Gasteiger partial charge in [0, 0.05) is 0 Å². The van der Waals surface area contributed by atoms with Crippen molar-refractivity contribution in [1.29, 1.82) is 0 Å². The highest BCUT2D eigenvalue weighted by atomic mass is 16.7. The lowest BCUT2D eigenvalue weighted by molar-refractivity contribution is -0.277. The van der Waals surface area contributed by atoms with Crippen molar-refractivity contribution in [3.63, 3.8) is 0 Å². The summed E-state index contributed by atoms with van der Waals surface area (Å²) in [6.45, 7) is -0.484. The summed E-state index contributed by atoms with van der Waals surface area (Å²) >= 11 is 0. The molecule has 0 radical (unpaired) electrons. The molecule has 1 heterocycles. The minimum atomic E-state index is -1.45. The molecule has 1 saturated heterocycles. The van der Waals surface area contributed by atoms with Gasteiger partial charge >= 0.3 is 0 Å². The molecule has 0 aromatic heterocycles. The van der Waals surface area contributed by atoms with Gasteiger partial charge in [-0.05, 0) is 22.9 Å². The largest absolute Gasteiger partial charge is 0.462 e. The Labute approximate surface area is 127 Å². The number of hydrogen-bond donors (Lipinski definition) is 4. The Kier molecular flexibility index (Phi) is 4.28. The maximum Gasteiger partial charge on any atom is 0.229 e. The van der Waals surface area contributed by atoms with Crippen LogP contribution < -0.4 is 4.74 Å². The monoisotopic (exact) mass is 306 g/mol. The van der Waals surface area contributed by atoms with E-state index in [1.54, 1.807) is 12.1 Å². The first kappa shape index (κ1) is 15.2. The molecule has 0 spiro atoms. The molecule has 5 atom stereocenters. The van der Waals surface area contributed by atoms with Crippen LogP contribution in [0.5, 0.6) is 5.75 Å². The summed E-state index contributed by atoms with van der Waals surface area (Å²) in [5.41, 5.74) is 0. The molecule has 1 aliphatic rings. The summed E-state index contributed by atoms with van der Waals surface area (Å²) in [5.74, 6) is 0.461. The van der Waals surface area contributed by atoms with Gasteiger partial charge in [-0.1, -0.05) is 30.3 Å². The van der Waals surface area contributed by atoms with Crippen molar-refractivity contribution in [2.24, 2.45) is 0 Å². The molecule has 0 unspecified atom stereocenters. The van der Waals surface area contributed by atoms with Crippen LogP contribution in [-0.2, 0) is 4.74 Å². The first-order valence-electron chi connectivity index (χ1n) is 7.06. The van der Waals surface area contributed by atoms with Gasteiger partial charge in [-0.2, -0.15) is 0 Å². The third-order valence-corrected chi connectivity index (χ3v) is 3.82. The van der Waals surface area contributed by atoms with Gasteiger partial charge in [-0.15, -0.1) is 0 Å². The van der Waals surface area contributed by atoms with Crippen LogP contribution in [0.15, 0.2) is 42.5 Å². The van der Waals surface area contributed by atoms with Crippen molar-refractivity contribution in [2.75, 3.05) is 6.61 Å². The first-order chi connectivity index (χ1) is 10.6. The third-order valence-electron chi connectivity index (χ3n) is 3.82. The molecular weight excluding hydrogens is 288 g/mol. The zero-order valence-electron chi connectivity index (χ0n) is 11.7. The van der Waals surface area contributed by atoms with Crippen molar-refractivity contribution < 1.29 is 29.9 Å². The van der Waals surface area contributed by atoms with Crippen molar-refractivity contribution in [1.82, 2.24) is 0 Å². The molecule has 1 fully saturated rings. The Hall–Kier alpha value is -1.70. The maximum atomic E-state index is 9.95. The van der Waals surface area contributed by atoms with Gasteiger partial charge in [0.2, 0.25) is 6.29 Å². The van der Waals surface area contributed by atoms with Gasteiger partial charge in [-0.3, -0.25) is 0 Å². The van der Waals surface area contributed by atoms with Gasteiger partial charge in [0.15, 0.2) is 0 Å². The molecule has 4 N–H and O–H groups in total. The summed E-state index contributed by atoms with van der Waals surface area (Å²) in [5, 5.41) is 40.6. The number of fused-ring (bicyclic) bond motifs is 1. The minimum Gasteiger partial charge on any atom is -0.462 e. The molecule has 1 aliphatic heterocycles. The molecule has 0 amide bonds. The van der Waals surface area contributed by atoms with Crippen LogP contribution in [0.25, 0.3) is 10.8 Å². The Morgan fingerprint density at radius 1 is 0.909 bits per heavy atom. The second kappa shape index (κ2) is 6.20. The smallest absolute Gasteiger partial charge is 0.229 e. The van der Waals surface area contributed by atoms with E-state index in [0.29, 0.717) is 5.75 Å². The van der Waals surface area contributed by atoms with Crippen molar-refractivity contribution in [2.45, 2.75) is 30.7 Å². The molecule has 22 heavy (non-hydrogen) atoms. The molecule has 3 rings (SSSR count). The van der Waals surface area contributed by atoms with E-state index in [9.17, 15) is 15.3 Å². The van der Waals surface area contributed by atoms with E-state index < -0.39 is 37.3 Å². The lowest BCUT2D eigenvalue weighted by Gasteiger charge is -2.39. The molecule has 0 bridgehead atoms. The normalized spacial score (nSPS) is 32.1. The average molecular weight is 306 g/mol. The molecule has 6 nitrogen and oxygen atoms in total. The van der Waals surface area contributed by atoms with Crippen LogP contribution >= 0.6 is 0 Å². The fraction of sp³-hybridized carbons (Fsp3) is 0.375. The molecule has 0 aliphatic carbocycles. The van der Waals surface area contributed by atoms with E-state index in [-0.39, 0.29) is 0 Å². The summed E-state index contributed by atoms with van der Waals surface area (Å²) in [6.07, 6.45) is -6.40. The highest BCUT2D eigenvalue weighted by molar-refractivity contribution is 5.83. The summed E-state index contributed by atoms with van der Waals surface area (Å²) in [6, 6.07) is 13.1. The lowest BCUT2D eigenvalue weighted by Crippen LogP contribution is -2.60. The minimum absolute atomic E-state index is 0.461. The average Bonchev–Trinajstić information content (AvgIpc) is 2.55. The summed E-state index contributed by atoms with van der Waals surface area (Å²) < 4.78 is 10.9. The second-order valence-electron chi connectivity index (χ2n) is 5.32. The van der Waals surface area contributed by atoms with Crippen molar-refractivity contribution in [3.8, 4) is 5.75 Å². The third kappa shape index (κ3) is 2.79. The molecule has 6 heteroatoms. The molecule has 0 saturated carbocycles. The SMILES string of the molecule is OC[C@@H]1O[C@H](Oc2ccc3ccccc3c2)[C@@H](O)[C@H](O)[C@@H]1O. The zero-order chi connectivity index (χ0) is 15.7. The fourth-order valence-corrected chi connectivity index (χ4v) is 2.54. The van der Waals surface area contributed by atoms with E-state index >= 15 is 0 Å². The van der Waals surface area contributed by atoms with Crippen LogP contribution in [0.4, 0.5) is 0 Å². The van der Waals surface area contributed by atoms with Crippen LogP contribution in [0.3, 0.4) is 0 Å². The Balaban J connectivity index is 1.80. The van der Waals surface area contributed by atoms with Gasteiger partial charge in [0.25, 0.3) is 0 Å². The topological polar surface area (TPSA) is 99.4 Å². The molecule has 2 aromatic rings. The first-order valence-corrected chi connectivity index (χ1v) is 7.06. The number of aliphatic hydroxyl groups excluding tert-OH is 4. The van der Waals surface area contributed by atoms with Crippen LogP contribution in [0.2, 0.25) is 0 Å². The van der Waals surface area contributed by atoms with E-state index in [1.807, 2.05) is 30.3 Å². The number of hydrogen-bond acceptors (Lipinski definition) is 6. The number of rotatable bonds is 3. The van der Waals surface area contributed by atoms with E-state index in [0.717, 1.165) is 10.8 Å². The van der Waals surface area contributed by atoms with Crippen LogP contribution in [0.1, 0.15) is 0 Å². The number of benzene rings is 2. The Morgan fingerprint density at radius 3 is 2.36 bits per heavy atom. The highest BCUT2D eigenvalue weighted by Crippen LogP contribution is 2.26. The van der Waals surface area contributed by atoms with E-state index in [1.165, 1.54) is 0 Å². The Bertz CT molecular complexity index is 643. The highest BCUT2D eigenvalue weighted by Gasteiger charge is 2.44. The quantitative estimate of drug-likeness (QED) is 0.638. The number of ether oxygens (including phenoxy) is 2. The molecule has 118 valence electrons. The standard InChI is InChI=1S/C16H18O6/c17-8-12-13(18)14(19)15(20)16(22-12)21-11-6-5-9-3-1-2-4-10(9)7-11/h1-7,12-20H,8H2/t12-,13+,14+,15-,16-/m0/s1.